The van der Waals surface area contributed by atoms with E-state index in [1.807, 2.05) is 13.8 Å². The third-order valence-corrected chi connectivity index (χ3v) is 1.91. The van der Waals surface area contributed by atoms with Gasteiger partial charge in [0.1, 0.15) is 11.6 Å². The molecule has 0 aromatic heterocycles. The molecule has 2 aromatic carbocycles. The molecule has 0 bridgehead atoms. The van der Waals surface area contributed by atoms with Crippen LogP contribution in [0.4, 0.5) is 8.78 Å². The Bertz CT molecular complexity index is 391. The lowest BCUT2D eigenvalue weighted by atomic mass is 10.3. The van der Waals surface area contributed by atoms with Crippen LogP contribution in [0.25, 0.3) is 0 Å². The van der Waals surface area contributed by atoms with E-state index >= 15 is 0 Å². The Morgan fingerprint density at radius 2 is 0.941 bits per heavy atom. The third kappa shape index (κ3) is 4.23. The molecule has 2 rings (SSSR count). The Labute approximate surface area is 99.7 Å². The summed E-state index contributed by atoms with van der Waals surface area (Å²) in [6, 6.07) is 11.6. The molecule has 0 unspecified atom stereocenters. The van der Waals surface area contributed by atoms with Gasteiger partial charge >= 0.3 is 0 Å². The number of ether oxygens (including phenoxy) is 1. The van der Waals surface area contributed by atoms with Crippen LogP contribution in [0.2, 0.25) is 0 Å². The minimum Gasteiger partial charge on any atom is -0.546 e. The molecule has 0 atom stereocenters. The first-order valence-electron chi connectivity index (χ1n) is 5.47. The van der Waals surface area contributed by atoms with Crippen LogP contribution < -0.4 is 0 Å². The van der Waals surface area contributed by atoms with Crippen molar-refractivity contribution in [2.75, 3.05) is 0 Å². The molecular formula is C14H15F2O+. The lowest BCUT2D eigenvalue weighted by Crippen LogP contribution is -1.81. The van der Waals surface area contributed by atoms with Crippen LogP contribution in [0.15, 0.2) is 48.5 Å². The quantitative estimate of drug-likeness (QED) is 0.674. The lowest BCUT2D eigenvalue weighted by Gasteiger charge is -2.01. The number of rotatable bonds is 2. The van der Waals surface area contributed by atoms with E-state index in [1.165, 1.54) is 24.3 Å². The minimum atomic E-state index is -0.298. The summed E-state index contributed by atoms with van der Waals surface area (Å²) in [5.41, 5.74) is 0. The normalized spacial score (nSPS) is 9.18. The average molecular weight is 237 g/mol. The smallest absolute Gasteiger partial charge is 0.260 e. The monoisotopic (exact) mass is 237 g/mol. The number of halogens is 2. The van der Waals surface area contributed by atoms with Crippen molar-refractivity contribution in [2.24, 2.45) is 0 Å². The molecule has 3 heteroatoms. The highest BCUT2D eigenvalue weighted by Crippen LogP contribution is 2.22. The highest BCUT2D eigenvalue weighted by molar-refractivity contribution is 5.29. The fourth-order valence-electron chi connectivity index (χ4n) is 1.18. The van der Waals surface area contributed by atoms with Gasteiger partial charge in [0.15, 0.2) is 0 Å². The van der Waals surface area contributed by atoms with E-state index in [1.54, 1.807) is 24.3 Å². The van der Waals surface area contributed by atoms with Gasteiger partial charge in [0.2, 0.25) is 0 Å². The van der Waals surface area contributed by atoms with E-state index in [4.69, 9.17) is 0 Å². The first-order valence-corrected chi connectivity index (χ1v) is 5.47. The number of hydrogen-bond donors (Lipinski definition) is 0. The average Bonchev–Trinajstić information content (AvgIpc) is 2.37. The molecule has 17 heavy (non-hydrogen) atoms. The maximum atomic E-state index is 12.6. The minimum absolute atomic E-state index is 0.298. The van der Waals surface area contributed by atoms with Crippen molar-refractivity contribution in [1.29, 1.82) is 0 Å². The van der Waals surface area contributed by atoms with Crippen molar-refractivity contribution in [2.45, 2.75) is 13.8 Å². The van der Waals surface area contributed by atoms with Crippen molar-refractivity contribution in [3.05, 3.63) is 60.2 Å². The molecule has 1 nitrogen and oxygen atoms in total. The molecule has 0 saturated carbocycles. The SMILES string of the molecule is CC.Fc1ccc([OH+]c2ccc(F)cc2)cc1. The van der Waals surface area contributed by atoms with Crippen molar-refractivity contribution in [3.8, 4) is 11.5 Å². The van der Waals surface area contributed by atoms with Gasteiger partial charge in [-0.05, 0) is 24.3 Å². The molecule has 0 amide bonds. The second-order valence-electron chi connectivity index (χ2n) is 3.06. The van der Waals surface area contributed by atoms with Crippen LogP contribution in [0.3, 0.4) is 0 Å². The summed E-state index contributed by atoms with van der Waals surface area (Å²) in [7, 11) is 0. The van der Waals surface area contributed by atoms with Crippen molar-refractivity contribution in [3.63, 3.8) is 0 Å². The number of benzene rings is 2. The summed E-state index contributed by atoms with van der Waals surface area (Å²) in [5, 5.41) is 0. The van der Waals surface area contributed by atoms with Crippen LogP contribution in [0.1, 0.15) is 13.8 Å². The van der Waals surface area contributed by atoms with Crippen LogP contribution in [0, 0.1) is 11.6 Å². The molecule has 0 radical (unpaired) electrons. The van der Waals surface area contributed by atoms with Gasteiger partial charge in [-0.25, -0.2) is 8.78 Å². The van der Waals surface area contributed by atoms with Gasteiger partial charge in [0.25, 0.3) is 11.5 Å². The zero-order valence-electron chi connectivity index (χ0n) is 9.82. The van der Waals surface area contributed by atoms with E-state index in [-0.39, 0.29) is 11.6 Å². The fraction of sp³-hybridized carbons (Fsp3) is 0.143. The summed E-state index contributed by atoms with van der Waals surface area (Å²) in [6.07, 6.45) is 0. The predicted molar refractivity (Wildman–Crippen MR) is 65.3 cm³/mol. The summed E-state index contributed by atoms with van der Waals surface area (Å²) in [6.45, 7) is 4.00. The summed E-state index contributed by atoms with van der Waals surface area (Å²) in [4.78, 5) is 0. The van der Waals surface area contributed by atoms with E-state index in [0.717, 1.165) is 0 Å². The molecule has 1 N–H and O–H groups in total. The Morgan fingerprint density at radius 3 is 1.24 bits per heavy atom. The molecule has 0 spiro atoms. The van der Waals surface area contributed by atoms with E-state index < -0.39 is 0 Å². The van der Waals surface area contributed by atoms with E-state index in [9.17, 15) is 8.78 Å². The van der Waals surface area contributed by atoms with Gasteiger partial charge < -0.3 is 4.74 Å². The highest BCUT2D eigenvalue weighted by atomic mass is 19.1. The lowest BCUT2D eigenvalue weighted by molar-refractivity contribution is 0.198. The zero-order valence-corrected chi connectivity index (χ0v) is 9.82. The fourth-order valence-corrected chi connectivity index (χ4v) is 1.18. The van der Waals surface area contributed by atoms with Gasteiger partial charge in [0.05, 0.1) is 0 Å². The number of aromatic hydroxyl groups is 2. The van der Waals surface area contributed by atoms with Gasteiger partial charge in [0, 0.05) is 24.3 Å². The topological polar surface area (TPSA) is 12.8 Å². The van der Waals surface area contributed by atoms with Crippen molar-refractivity contribution < 1.29 is 13.5 Å². The molecule has 90 valence electrons. The summed E-state index contributed by atoms with van der Waals surface area (Å²) < 4.78 is 29.4. The second-order valence-corrected chi connectivity index (χ2v) is 3.06. The number of hydrogen-bond acceptors (Lipinski definition) is 0. The van der Waals surface area contributed by atoms with Crippen LogP contribution in [-0.2, 0) is 0 Å². The zero-order chi connectivity index (χ0) is 12.7. The molecule has 0 aliphatic rings. The van der Waals surface area contributed by atoms with Gasteiger partial charge in [-0.3, -0.25) is 0 Å². The third-order valence-electron chi connectivity index (χ3n) is 1.91. The highest BCUT2D eigenvalue weighted by Gasteiger charge is 2.02. The Hall–Kier alpha value is -1.90. The van der Waals surface area contributed by atoms with Gasteiger partial charge in [-0.2, -0.15) is 0 Å². The largest absolute Gasteiger partial charge is 0.546 e. The molecule has 0 heterocycles. The molecular weight excluding hydrogens is 222 g/mol. The first kappa shape index (κ1) is 13.2. The van der Waals surface area contributed by atoms with Crippen LogP contribution in [0.5, 0.6) is 11.5 Å². The van der Waals surface area contributed by atoms with E-state index in [2.05, 4.69) is 4.74 Å². The van der Waals surface area contributed by atoms with Crippen LogP contribution in [-0.4, -0.2) is 4.74 Å². The Morgan fingerprint density at radius 1 is 0.647 bits per heavy atom. The Kier molecular flexibility index (Phi) is 5.14. The van der Waals surface area contributed by atoms with Crippen LogP contribution >= 0.6 is 0 Å². The second kappa shape index (κ2) is 6.63. The maximum absolute atomic E-state index is 12.6. The standard InChI is InChI=1S/C12H8F2O.C2H6/c13-9-1-5-11(6-2-9)15-12-7-3-10(14)4-8-12;1-2/h1-8H;1-2H3/p+1. The van der Waals surface area contributed by atoms with Crippen molar-refractivity contribution in [1.82, 2.24) is 0 Å². The molecule has 0 aliphatic heterocycles. The van der Waals surface area contributed by atoms with Gasteiger partial charge in [-0.1, -0.05) is 13.8 Å². The van der Waals surface area contributed by atoms with E-state index in [0.29, 0.717) is 11.5 Å². The molecule has 0 saturated heterocycles. The van der Waals surface area contributed by atoms with Gasteiger partial charge in [-0.15, -0.1) is 0 Å². The van der Waals surface area contributed by atoms with Crippen molar-refractivity contribution >= 4 is 0 Å². The predicted octanol–water partition coefficient (Wildman–Crippen LogP) is 4.65. The summed E-state index contributed by atoms with van der Waals surface area (Å²) >= 11 is 0. The summed E-state index contributed by atoms with van der Waals surface area (Å²) in [5.74, 6) is 0.687. The molecule has 2 aromatic rings. The first-order chi connectivity index (χ1) is 8.24. The molecule has 0 aliphatic carbocycles. The Balaban J connectivity index is 0.000000686. The molecule has 0 fully saturated rings. The maximum Gasteiger partial charge on any atom is 0.260 e.